The van der Waals surface area contributed by atoms with E-state index in [2.05, 4.69) is 9.97 Å². The Kier molecular flexibility index (Phi) is 6.10. The summed E-state index contributed by atoms with van der Waals surface area (Å²) in [5.74, 6) is -2.36. The normalized spacial score (nSPS) is 10.7. The van der Waals surface area contributed by atoms with Crippen molar-refractivity contribution in [3.63, 3.8) is 0 Å². The number of Topliss-reactive ketones (excluding diaryl/α,β-unsaturated/α-hetero) is 1. The first kappa shape index (κ1) is 21.0. The van der Waals surface area contributed by atoms with Gasteiger partial charge in [-0.05, 0) is 45.0 Å². The van der Waals surface area contributed by atoms with E-state index < -0.39 is 30.1 Å². The first-order valence-corrected chi connectivity index (χ1v) is 9.18. The van der Waals surface area contributed by atoms with Crippen LogP contribution in [0.3, 0.4) is 0 Å². The zero-order valence-corrected chi connectivity index (χ0v) is 16.7. The van der Waals surface area contributed by atoms with Gasteiger partial charge in [0.1, 0.15) is 5.82 Å². The number of H-pyrrole nitrogens is 1. The lowest BCUT2D eigenvalue weighted by atomic mass is 10.1. The van der Waals surface area contributed by atoms with Crippen LogP contribution in [-0.4, -0.2) is 45.5 Å². The molecule has 0 bridgehead atoms. The molecule has 156 valence electrons. The van der Waals surface area contributed by atoms with Crippen LogP contribution in [0.2, 0.25) is 0 Å². The third-order valence-electron chi connectivity index (χ3n) is 4.42. The summed E-state index contributed by atoms with van der Waals surface area (Å²) in [7, 11) is 0. The van der Waals surface area contributed by atoms with Crippen LogP contribution < -0.4 is 0 Å². The maximum Gasteiger partial charge on any atom is 0.357 e. The quantitative estimate of drug-likeness (QED) is 0.471. The number of aryl methyl sites for hydroxylation is 2. The number of aromatic nitrogens is 3. The molecule has 2 aromatic heterocycles. The smallest absolute Gasteiger partial charge is 0.357 e. The average molecular weight is 413 g/mol. The topological polar surface area (TPSA) is 103 Å². The Morgan fingerprint density at radius 1 is 1.03 bits per heavy atom. The average Bonchev–Trinajstić information content (AvgIpc) is 3.31. The predicted octanol–water partition coefficient (Wildman–Crippen LogP) is 3.17. The monoisotopic (exact) mass is 413 g/mol. The van der Waals surface area contributed by atoms with Crippen molar-refractivity contribution in [2.75, 3.05) is 13.2 Å². The van der Waals surface area contributed by atoms with Gasteiger partial charge in [0, 0.05) is 17.1 Å². The molecule has 0 saturated heterocycles. The molecule has 3 rings (SSSR count). The highest BCUT2D eigenvalue weighted by molar-refractivity contribution is 6.09. The van der Waals surface area contributed by atoms with Crippen molar-refractivity contribution in [3.05, 3.63) is 70.8 Å². The lowest BCUT2D eigenvalue weighted by Gasteiger charge is -2.09. The third-order valence-corrected chi connectivity index (χ3v) is 4.42. The molecule has 3 aromatic rings. The molecule has 0 atom stereocenters. The maximum absolute atomic E-state index is 13.1. The molecule has 0 amide bonds. The summed E-state index contributed by atoms with van der Waals surface area (Å²) < 4.78 is 24.7. The molecule has 0 aliphatic rings. The van der Waals surface area contributed by atoms with Crippen molar-refractivity contribution in [3.8, 4) is 5.69 Å². The number of nitrogens with zero attached hydrogens (tertiary/aromatic N) is 2. The Morgan fingerprint density at radius 2 is 1.70 bits per heavy atom. The Hall–Kier alpha value is -3.75. The van der Waals surface area contributed by atoms with E-state index in [-0.39, 0.29) is 23.4 Å². The van der Waals surface area contributed by atoms with E-state index in [1.807, 2.05) is 0 Å². The number of ketones is 1. The predicted molar refractivity (Wildman–Crippen MR) is 104 cm³/mol. The molecular formula is C21H20FN3O5. The molecule has 0 radical (unpaired) electrons. The van der Waals surface area contributed by atoms with Crippen molar-refractivity contribution in [2.45, 2.75) is 20.8 Å². The molecule has 0 aliphatic carbocycles. The van der Waals surface area contributed by atoms with Crippen LogP contribution in [0.4, 0.5) is 4.39 Å². The van der Waals surface area contributed by atoms with Gasteiger partial charge in [-0.15, -0.1) is 0 Å². The van der Waals surface area contributed by atoms with Crippen molar-refractivity contribution in [1.82, 2.24) is 14.5 Å². The van der Waals surface area contributed by atoms with Crippen LogP contribution in [-0.2, 0) is 9.47 Å². The van der Waals surface area contributed by atoms with E-state index in [1.54, 1.807) is 20.8 Å². The largest absolute Gasteiger partial charge is 0.462 e. The van der Waals surface area contributed by atoms with Crippen LogP contribution in [0.5, 0.6) is 0 Å². The van der Waals surface area contributed by atoms with Gasteiger partial charge in [0.2, 0.25) is 5.78 Å². The van der Waals surface area contributed by atoms with Crippen LogP contribution in [0.15, 0.2) is 36.8 Å². The van der Waals surface area contributed by atoms with E-state index >= 15 is 0 Å². The Morgan fingerprint density at radius 3 is 2.37 bits per heavy atom. The summed E-state index contributed by atoms with van der Waals surface area (Å²) in [6.45, 7) is 4.56. The van der Waals surface area contributed by atoms with Gasteiger partial charge in [0.15, 0.2) is 12.3 Å². The summed E-state index contributed by atoms with van der Waals surface area (Å²) in [6, 6.07) is 5.47. The number of imidazole rings is 1. The van der Waals surface area contributed by atoms with Crippen molar-refractivity contribution in [1.29, 1.82) is 0 Å². The molecular weight excluding hydrogens is 393 g/mol. The fourth-order valence-electron chi connectivity index (χ4n) is 3.12. The fourth-order valence-corrected chi connectivity index (χ4v) is 3.12. The standard InChI is InChI=1S/C21H20FN3O5/c1-4-29-21(28)19-13(3)24-12(2)18(19)17(26)10-30-20(27)16-9-23-11-25(16)15-7-5-14(22)6-8-15/h5-9,11,24H,4,10H2,1-3H3. The van der Waals surface area contributed by atoms with Gasteiger partial charge in [0.05, 0.1) is 30.3 Å². The Balaban J connectivity index is 1.77. The number of esters is 2. The summed E-state index contributed by atoms with van der Waals surface area (Å²) in [6.07, 6.45) is 2.66. The van der Waals surface area contributed by atoms with Gasteiger partial charge in [0.25, 0.3) is 0 Å². The number of carbonyl (C=O) groups excluding carboxylic acids is 3. The van der Waals surface area contributed by atoms with Crippen molar-refractivity contribution < 1.29 is 28.2 Å². The van der Waals surface area contributed by atoms with E-state index in [1.165, 1.54) is 41.4 Å². The second-order valence-electron chi connectivity index (χ2n) is 6.47. The van der Waals surface area contributed by atoms with Crippen LogP contribution in [0, 0.1) is 19.7 Å². The first-order valence-electron chi connectivity index (χ1n) is 9.18. The number of carbonyl (C=O) groups is 3. The molecule has 1 aromatic carbocycles. The zero-order valence-electron chi connectivity index (χ0n) is 16.7. The molecule has 0 spiro atoms. The second-order valence-corrected chi connectivity index (χ2v) is 6.47. The summed E-state index contributed by atoms with van der Waals surface area (Å²) in [5, 5.41) is 0. The number of hydrogen-bond donors (Lipinski definition) is 1. The SMILES string of the molecule is CCOC(=O)c1c(C)[nH]c(C)c1C(=O)COC(=O)c1cncn1-c1ccc(F)cc1. The van der Waals surface area contributed by atoms with E-state index in [0.717, 1.165) is 0 Å². The zero-order chi connectivity index (χ0) is 21.8. The minimum absolute atomic E-state index is 0.0713. The Labute approximate surface area is 171 Å². The lowest BCUT2D eigenvalue weighted by molar-refractivity contribution is 0.0464. The van der Waals surface area contributed by atoms with Gasteiger partial charge in [-0.2, -0.15) is 0 Å². The van der Waals surface area contributed by atoms with Crippen LogP contribution in [0.25, 0.3) is 5.69 Å². The highest BCUT2D eigenvalue weighted by Gasteiger charge is 2.26. The molecule has 0 unspecified atom stereocenters. The number of hydrogen-bond acceptors (Lipinski definition) is 6. The molecule has 9 heteroatoms. The third kappa shape index (κ3) is 4.14. The molecule has 30 heavy (non-hydrogen) atoms. The van der Waals surface area contributed by atoms with Crippen molar-refractivity contribution in [2.24, 2.45) is 0 Å². The van der Waals surface area contributed by atoms with Gasteiger partial charge < -0.3 is 14.5 Å². The van der Waals surface area contributed by atoms with Crippen molar-refractivity contribution >= 4 is 17.7 Å². The molecule has 1 N–H and O–H groups in total. The van der Waals surface area contributed by atoms with Gasteiger partial charge in [-0.1, -0.05) is 0 Å². The van der Waals surface area contributed by atoms with Gasteiger partial charge in [-0.3, -0.25) is 9.36 Å². The van der Waals surface area contributed by atoms with E-state index in [0.29, 0.717) is 17.1 Å². The van der Waals surface area contributed by atoms with E-state index in [4.69, 9.17) is 9.47 Å². The summed E-state index contributed by atoms with van der Waals surface area (Å²) >= 11 is 0. The number of nitrogens with one attached hydrogen (secondary N) is 1. The number of aromatic amines is 1. The Bertz CT molecular complexity index is 1100. The van der Waals surface area contributed by atoms with E-state index in [9.17, 15) is 18.8 Å². The number of ether oxygens (including phenoxy) is 2. The molecule has 0 saturated carbocycles. The number of halogens is 1. The maximum atomic E-state index is 13.1. The summed E-state index contributed by atoms with van der Waals surface area (Å²) in [5.41, 5.74) is 1.82. The lowest BCUT2D eigenvalue weighted by Crippen LogP contribution is -2.19. The van der Waals surface area contributed by atoms with Gasteiger partial charge in [-0.25, -0.2) is 19.0 Å². The van der Waals surface area contributed by atoms with Crippen LogP contribution >= 0.6 is 0 Å². The van der Waals surface area contributed by atoms with Crippen LogP contribution in [0.1, 0.15) is 49.5 Å². The second kappa shape index (κ2) is 8.73. The molecule has 8 nitrogen and oxygen atoms in total. The highest BCUT2D eigenvalue weighted by Crippen LogP contribution is 2.21. The number of benzene rings is 1. The summed E-state index contributed by atoms with van der Waals surface area (Å²) in [4.78, 5) is 44.3. The molecule has 2 heterocycles. The van der Waals surface area contributed by atoms with Gasteiger partial charge >= 0.3 is 11.9 Å². The highest BCUT2D eigenvalue weighted by atomic mass is 19.1. The fraction of sp³-hybridized carbons (Fsp3) is 0.238. The molecule has 0 fully saturated rings. The number of rotatable bonds is 7. The minimum atomic E-state index is -0.784. The minimum Gasteiger partial charge on any atom is -0.462 e. The first-order chi connectivity index (χ1) is 14.3. The molecule has 0 aliphatic heterocycles.